The van der Waals surface area contributed by atoms with Crippen LogP contribution in [-0.2, 0) is 22.7 Å². The normalized spacial score (nSPS) is 13.6. The maximum atomic E-state index is 12.2. The first kappa shape index (κ1) is 19.9. The monoisotopic (exact) mass is 384 g/mol. The van der Waals surface area contributed by atoms with Crippen LogP contribution in [0.5, 0.6) is 5.75 Å². The highest BCUT2D eigenvalue weighted by molar-refractivity contribution is 5.93. The van der Waals surface area contributed by atoms with Gasteiger partial charge in [-0.25, -0.2) is 4.68 Å². The molecule has 2 amide bonds. The van der Waals surface area contributed by atoms with E-state index in [0.29, 0.717) is 38.9 Å². The molecule has 1 aromatic heterocycles. The highest BCUT2D eigenvalue weighted by Crippen LogP contribution is 2.22. The van der Waals surface area contributed by atoms with Crippen LogP contribution in [0, 0.1) is 6.92 Å². The van der Waals surface area contributed by atoms with Gasteiger partial charge in [-0.1, -0.05) is 12.1 Å². The van der Waals surface area contributed by atoms with E-state index >= 15 is 0 Å². The molecule has 1 aliphatic heterocycles. The van der Waals surface area contributed by atoms with Crippen molar-refractivity contribution in [2.45, 2.75) is 59.2 Å². The van der Waals surface area contributed by atoms with E-state index in [0.717, 1.165) is 22.8 Å². The number of carbonyl (C=O) groups is 2. The predicted molar refractivity (Wildman–Crippen MR) is 107 cm³/mol. The Kier molecular flexibility index (Phi) is 6.34. The number of benzene rings is 1. The molecule has 2 aromatic rings. The molecule has 0 spiro atoms. The third-order valence-corrected chi connectivity index (χ3v) is 4.57. The molecule has 0 fully saturated rings. The first-order valence-electron chi connectivity index (χ1n) is 9.79. The fourth-order valence-corrected chi connectivity index (χ4v) is 3.26. The summed E-state index contributed by atoms with van der Waals surface area (Å²) in [7, 11) is 0. The molecule has 0 atom stereocenters. The molecule has 0 saturated carbocycles. The highest BCUT2D eigenvalue weighted by atomic mass is 16.5. The number of ether oxygens (including phenoxy) is 1. The van der Waals surface area contributed by atoms with Gasteiger partial charge in [0.15, 0.2) is 0 Å². The number of fused-ring (bicyclic) bond motifs is 1. The standard InChI is InChI=1S/C21H28N4O3/c1-15(2)28-18-8-6-17(7-9-18)14-22-19(26)5-4-11-24-20-13-16(3)23-25(20)12-10-21(24)27/h6-9,13,15H,4-5,10-12,14H2,1-3H3,(H,22,26). The summed E-state index contributed by atoms with van der Waals surface area (Å²) in [5.41, 5.74) is 1.92. The summed E-state index contributed by atoms with van der Waals surface area (Å²) in [4.78, 5) is 26.1. The Labute approximate surface area is 165 Å². The van der Waals surface area contributed by atoms with Crippen LogP contribution in [0.15, 0.2) is 30.3 Å². The molecule has 7 heteroatoms. The Morgan fingerprint density at radius 1 is 1.29 bits per heavy atom. The van der Waals surface area contributed by atoms with Crippen molar-refractivity contribution in [3.63, 3.8) is 0 Å². The van der Waals surface area contributed by atoms with E-state index in [1.165, 1.54) is 0 Å². The molecule has 2 heterocycles. The molecule has 3 rings (SSSR count). The number of anilines is 1. The lowest BCUT2D eigenvalue weighted by Crippen LogP contribution is -2.38. The number of rotatable bonds is 8. The summed E-state index contributed by atoms with van der Waals surface area (Å²) < 4.78 is 7.48. The Bertz CT molecular complexity index is 827. The molecule has 0 unspecified atom stereocenters. The molecular formula is C21H28N4O3. The van der Waals surface area contributed by atoms with Crippen molar-refractivity contribution < 1.29 is 14.3 Å². The number of aromatic nitrogens is 2. The first-order chi connectivity index (χ1) is 13.4. The van der Waals surface area contributed by atoms with Crippen LogP contribution in [0.25, 0.3) is 0 Å². The highest BCUT2D eigenvalue weighted by Gasteiger charge is 2.25. The number of amides is 2. The topological polar surface area (TPSA) is 76.5 Å². The first-order valence-corrected chi connectivity index (χ1v) is 9.79. The lowest BCUT2D eigenvalue weighted by molar-refractivity contribution is -0.122. The van der Waals surface area contributed by atoms with Crippen LogP contribution in [0.4, 0.5) is 5.82 Å². The minimum absolute atomic E-state index is 0.0170. The fraction of sp³-hybridized carbons (Fsp3) is 0.476. The van der Waals surface area contributed by atoms with Gasteiger partial charge in [-0.3, -0.25) is 14.5 Å². The van der Waals surface area contributed by atoms with Crippen molar-refractivity contribution in [1.82, 2.24) is 15.1 Å². The Morgan fingerprint density at radius 3 is 2.75 bits per heavy atom. The van der Waals surface area contributed by atoms with Crippen molar-refractivity contribution in [2.24, 2.45) is 0 Å². The van der Waals surface area contributed by atoms with Crippen molar-refractivity contribution in [1.29, 1.82) is 0 Å². The zero-order chi connectivity index (χ0) is 20.1. The van der Waals surface area contributed by atoms with Gasteiger partial charge in [0.1, 0.15) is 11.6 Å². The molecule has 1 aromatic carbocycles. The van der Waals surface area contributed by atoms with Crippen molar-refractivity contribution in [3.8, 4) is 5.75 Å². The molecule has 28 heavy (non-hydrogen) atoms. The van der Waals surface area contributed by atoms with Gasteiger partial charge in [0.05, 0.1) is 18.3 Å². The number of carbonyl (C=O) groups excluding carboxylic acids is 2. The van der Waals surface area contributed by atoms with Crippen molar-refractivity contribution >= 4 is 17.6 Å². The number of hydrogen-bond donors (Lipinski definition) is 1. The van der Waals surface area contributed by atoms with Gasteiger partial charge in [-0.15, -0.1) is 0 Å². The van der Waals surface area contributed by atoms with E-state index in [1.807, 2.05) is 55.8 Å². The van der Waals surface area contributed by atoms with Crippen LogP contribution in [0.2, 0.25) is 0 Å². The molecule has 0 radical (unpaired) electrons. The van der Waals surface area contributed by atoms with E-state index < -0.39 is 0 Å². The van der Waals surface area contributed by atoms with Gasteiger partial charge in [0.2, 0.25) is 11.8 Å². The maximum Gasteiger partial charge on any atom is 0.229 e. The summed E-state index contributed by atoms with van der Waals surface area (Å²) in [6.07, 6.45) is 1.59. The van der Waals surface area contributed by atoms with E-state index in [-0.39, 0.29) is 17.9 Å². The predicted octanol–water partition coefficient (Wildman–Crippen LogP) is 2.81. The van der Waals surface area contributed by atoms with Crippen molar-refractivity contribution in [3.05, 3.63) is 41.6 Å². The zero-order valence-electron chi connectivity index (χ0n) is 16.8. The second-order valence-corrected chi connectivity index (χ2v) is 7.35. The summed E-state index contributed by atoms with van der Waals surface area (Å²) in [6, 6.07) is 9.65. The summed E-state index contributed by atoms with van der Waals surface area (Å²) >= 11 is 0. The quantitative estimate of drug-likeness (QED) is 0.759. The average Bonchev–Trinajstić information content (AvgIpc) is 3.03. The SMILES string of the molecule is Cc1cc2n(n1)CCC(=O)N2CCCC(=O)NCc1ccc(OC(C)C)cc1. The third-order valence-electron chi connectivity index (χ3n) is 4.57. The molecule has 150 valence electrons. The molecule has 7 nitrogen and oxygen atoms in total. The second kappa shape index (κ2) is 8.91. The molecule has 1 aliphatic rings. The minimum Gasteiger partial charge on any atom is -0.491 e. The van der Waals surface area contributed by atoms with Crippen molar-refractivity contribution in [2.75, 3.05) is 11.4 Å². The number of hydrogen-bond acceptors (Lipinski definition) is 4. The Morgan fingerprint density at radius 2 is 2.04 bits per heavy atom. The molecule has 1 N–H and O–H groups in total. The van der Waals surface area contributed by atoms with Gasteiger partial charge < -0.3 is 10.1 Å². The molecular weight excluding hydrogens is 356 g/mol. The maximum absolute atomic E-state index is 12.2. The molecule has 0 bridgehead atoms. The van der Waals surface area contributed by atoms with E-state index in [2.05, 4.69) is 10.4 Å². The second-order valence-electron chi connectivity index (χ2n) is 7.35. The summed E-state index contributed by atoms with van der Waals surface area (Å²) in [5, 5.41) is 7.33. The Balaban J connectivity index is 1.43. The Hall–Kier alpha value is -2.83. The molecule has 0 saturated heterocycles. The number of aryl methyl sites for hydroxylation is 2. The van der Waals surface area contributed by atoms with Gasteiger partial charge >= 0.3 is 0 Å². The summed E-state index contributed by atoms with van der Waals surface area (Å²) in [6.45, 7) is 7.53. The van der Waals surface area contributed by atoms with Crippen LogP contribution < -0.4 is 15.0 Å². The van der Waals surface area contributed by atoms with Crippen LogP contribution in [0.3, 0.4) is 0 Å². The molecule has 0 aliphatic carbocycles. The van der Waals surface area contributed by atoms with Crippen LogP contribution >= 0.6 is 0 Å². The fourth-order valence-electron chi connectivity index (χ4n) is 3.26. The smallest absolute Gasteiger partial charge is 0.229 e. The largest absolute Gasteiger partial charge is 0.491 e. The van der Waals surface area contributed by atoms with Crippen LogP contribution in [0.1, 0.15) is 44.4 Å². The van der Waals surface area contributed by atoms with Gasteiger partial charge in [-0.2, -0.15) is 5.10 Å². The lowest BCUT2D eigenvalue weighted by Gasteiger charge is -2.27. The zero-order valence-corrected chi connectivity index (χ0v) is 16.8. The van der Waals surface area contributed by atoms with Crippen LogP contribution in [-0.4, -0.2) is 34.2 Å². The minimum atomic E-state index is -0.0170. The number of nitrogens with one attached hydrogen (secondary N) is 1. The van der Waals surface area contributed by atoms with Gasteiger partial charge in [0, 0.05) is 32.0 Å². The number of nitrogens with zero attached hydrogens (tertiary/aromatic N) is 3. The van der Waals surface area contributed by atoms with Gasteiger partial charge in [0.25, 0.3) is 0 Å². The van der Waals surface area contributed by atoms with Gasteiger partial charge in [-0.05, 0) is 44.9 Å². The third kappa shape index (κ3) is 5.12. The lowest BCUT2D eigenvalue weighted by atomic mass is 10.2. The summed E-state index contributed by atoms with van der Waals surface area (Å²) in [5.74, 6) is 1.73. The van der Waals surface area contributed by atoms with E-state index in [1.54, 1.807) is 4.90 Å². The van der Waals surface area contributed by atoms with E-state index in [4.69, 9.17) is 4.74 Å². The van der Waals surface area contributed by atoms with E-state index in [9.17, 15) is 9.59 Å². The average molecular weight is 384 g/mol.